The fourth-order valence-corrected chi connectivity index (χ4v) is 4.04. The molecule has 3 atom stereocenters. The summed E-state index contributed by atoms with van der Waals surface area (Å²) in [5.41, 5.74) is -4.46. The molecule has 1 spiro atoms. The van der Waals surface area contributed by atoms with Gasteiger partial charge in [-0.2, -0.15) is 0 Å². The van der Waals surface area contributed by atoms with Crippen LogP contribution in [-0.4, -0.2) is 51.7 Å². The topological polar surface area (TPSA) is 103 Å². The molecular weight excluding hydrogens is 388 g/mol. The van der Waals surface area contributed by atoms with Crippen LogP contribution < -0.4 is 11.2 Å². The number of alkyl halides is 1. The molecule has 1 saturated carbocycles. The zero-order valence-electron chi connectivity index (χ0n) is 16.4. The highest BCUT2D eigenvalue weighted by atomic mass is 35.5. The summed E-state index contributed by atoms with van der Waals surface area (Å²) in [4.78, 5) is 26.1. The third kappa shape index (κ3) is 3.53. The molecule has 28 heavy (non-hydrogen) atoms. The van der Waals surface area contributed by atoms with E-state index in [0.29, 0.717) is 12.8 Å². The number of ether oxygens (including phenoxy) is 3. The summed E-state index contributed by atoms with van der Waals surface area (Å²) in [6, 6.07) is 1.16. The number of H-pyrrole nitrogens is 1. The Balaban J connectivity index is 0.00000136. The summed E-state index contributed by atoms with van der Waals surface area (Å²) in [5, 5.41) is 10.00. The van der Waals surface area contributed by atoms with E-state index in [4.69, 9.17) is 32.2 Å². The van der Waals surface area contributed by atoms with Crippen LogP contribution in [0.4, 0.5) is 0 Å². The van der Waals surface area contributed by atoms with Crippen molar-refractivity contribution in [2.75, 3.05) is 19.6 Å². The maximum absolute atomic E-state index is 12.5. The van der Waals surface area contributed by atoms with Crippen LogP contribution in [0.5, 0.6) is 0 Å². The summed E-state index contributed by atoms with van der Waals surface area (Å²) >= 11 is 6.10. The van der Waals surface area contributed by atoms with Gasteiger partial charge >= 0.3 is 5.69 Å². The van der Waals surface area contributed by atoms with Gasteiger partial charge in [0.05, 0.1) is 12.5 Å². The van der Waals surface area contributed by atoms with Gasteiger partial charge in [-0.1, -0.05) is 13.8 Å². The van der Waals surface area contributed by atoms with E-state index in [-0.39, 0.29) is 5.88 Å². The van der Waals surface area contributed by atoms with E-state index in [0.717, 1.165) is 23.5 Å². The Hall–Kier alpha value is -1.63. The minimum Gasteiger partial charge on any atom is -0.393 e. The monoisotopic (exact) mass is 414 g/mol. The fourth-order valence-electron chi connectivity index (χ4n) is 3.70. The van der Waals surface area contributed by atoms with Crippen molar-refractivity contribution in [2.45, 2.75) is 62.7 Å². The number of halogens is 1. The summed E-state index contributed by atoms with van der Waals surface area (Å²) in [6.45, 7) is 3.50. The first-order valence-electron chi connectivity index (χ1n) is 9.31. The lowest BCUT2D eigenvalue weighted by atomic mass is 9.90. The van der Waals surface area contributed by atoms with E-state index in [1.54, 1.807) is 0 Å². The maximum Gasteiger partial charge on any atom is 0.331 e. The molecule has 0 bridgehead atoms. The van der Waals surface area contributed by atoms with Crippen LogP contribution in [0.3, 0.4) is 0 Å². The van der Waals surface area contributed by atoms with E-state index in [1.165, 1.54) is 13.3 Å². The first kappa shape index (κ1) is 22.7. The largest absolute Gasteiger partial charge is 0.393 e. The molecule has 2 fully saturated rings. The van der Waals surface area contributed by atoms with Gasteiger partial charge in [0.2, 0.25) is 5.72 Å². The van der Waals surface area contributed by atoms with E-state index in [9.17, 15) is 14.7 Å². The van der Waals surface area contributed by atoms with Crippen molar-refractivity contribution in [3.63, 3.8) is 0 Å². The Kier molecular flexibility index (Phi) is 7.12. The fraction of sp³-hybridized carbons (Fsp3) is 0.684. The summed E-state index contributed by atoms with van der Waals surface area (Å²) < 4.78 is 19.0. The molecule has 0 amide bonds. The van der Waals surface area contributed by atoms with Crippen LogP contribution >= 0.6 is 11.6 Å². The smallest absolute Gasteiger partial charge is 0.331 e. The minimum absolute atomic E-state index is 0.147. The van der Waals surface area contributed by atoms with Crippen molar-refractivity contribution in [1.82, 2.24) is 9.55 Å². The Morgan fingerprint density at radius 2 is 2.11 bits per heavy atom. The lowest BCUT2D eigenvalue weighted by molar-refractivity contribution is -0.199. The molecule has 1 saturated heterocycles. The van der Waals surface area contributed by atoms with Crippen molar-refractivity contribution in [3.05, 3.63) is 33.1 Å². The van der Waals surface area contributed by atoms with Crippen molar-refractivity contribution in [2.24, 2.45) is 0 Å². The highest BCUT2D eigenvalue weighted by Crippen LogP contribution is 2.51. The van der Waals surface area contributed by atoms with Crippen molar-refractivity contribution in [3.8, 4) is 12.3 Å². The molecule has 1 aliphatic heterocycles. The van der Waals surface area contributed by atoms with Crippen LogP contribution in [0.25, 0.3) is 0 Å². The number of aliphatic hydroxyl groups is 1. The van der Waals surface area contributed by atoms with Crippen LogP contribution in [0.2, 0.25) is 0 Å². The van der Waals surface area contributed by atoms with Gasteiger partial charge in [0.15, 0.2) is 11.9 Å². The first-order chi connectivity index (χ1) is 13.4. The summed E-state index contributed by atoms with van der Waals surface area (Å²) in [7, 11) is 1.37. The Labute approximate surface area is 168 Å². The second kappa shape index (κ2) is 8.80. The highest BCUT2D eigenvalue weighted by molar-refractivity contribution is 6.18. The average molecular weight is 415 g/mol. The predicted octanol–water partition coefficient (Wildman–Crippen LogP) is 1.15. The number of methoxy groups -OCH3 is 1. The number of aromatic amines is 1. The van der Waals surface area contributed by atoms with Gasteiger partial charge in [-0.25, -0.2) is 4.79 Å². The average Bonchev–Trinajstić information content (AvgIpc) is 3.31. The van der Waals surface area contributed by atoms with Gasteiger partial charge in [-0.15, -0.1) is 18.0 Å². The van der Waals surface area contributed by atoms with Crippen LogP contribution in [-0.2, 0) is 19.9 Å². The van der Waals surface area contributed by atoms with Gasteiger partial charge in [-0.05, 0) is 18.8 Å². The molecule has 0 unspecified atom stereocenters. The standard InChI is InChI=1S/C17H21ClN2O6.C2H6/c1-3-17(20-9-6-12(22)19-14(20)23)13(15(10-18,11-21)24-2)25-16(26-17)7-4-5-8-16;1-2/h1,6,9,13,21H,4-5,7-8,10-11H2,2H3,(H,19,22,23);1-2H3/t13-,15-,17-;/m1./s1. The number of terminal acetylenes is 1. The van der Waals surface area contributed by atoms with Gasteiger partial charge in [-0.3, -0.25) is 14.3 Å². The zero-order chi connectivity index (χ0) is 21.0. The molecule has 9 heteroatoms. The molecule has 2 aliphatic rings. The summed E-state index contributed by atoms with van der Waals surface area (Å²) in [6.07, 6.45) is 8.90. The Bertz CT molecular complexity index is 810. The van der Waals surface area contributed by atoms with Crippen molar-refractivity contribution >= 4 is 11.6 Å². The lowest BCUT2D eigenvalue weighted by Gasteiger charge is -2.39. The van der Waals surface area contributed by atoms with Gasteiger partial charge < -0.3 is 19.3 Å². The molecule has 3 rings (SSSR count). The Morgan fingerprint density at radius 1 is 1.46 bits per heavy atom. The number of hydrogen-bond donors (Lipinski definition) is 2. The molecule has 2 heterocycles. The number of aromatic nitrogens is 2. The van der Waals surface area contributed by atoms with E-state index in [2.05, 4.69) is 10.9 Å². The molecule has 0 aromatic carbocycles. The van der Waals surface area contributed by atoms with Crippen LogP contribution in [0.1, 0.15) is 39.5 Å². The van der Waals surface area contributed by atoms with Crippen LogP contribution in [0, 0.1) is 12.3 Å². The van der Waals surface area contributed by atoms with Crippen molar-refractivity contribution in [1.29, 1.82) is 0 Å². The van der Waals surface area contributed by atoms with Gasteiger partial charge in [0, 0.05) is 32.2 Å². The predicted molar refractivity (Wildman–Crippen MR) is 104 cm³/mol. The minimum atomic E-state index is -1.74. The number of nitrogens with one attached hydrogen (secondary N) is 1. The maximum atomic E-state index is 12.5. The number of nitrogens with zero attached hydrogens (tertiary/aromatic N) is 1. The third-order valence-corrected chi connectivity index (χ3v) is 5.61. The third-order valence-electron chi connectivity index (χ3n) is 5.16. The van der Waals surface area contributed by atoms with Gasteiger partial charge in [0.1, 0.15) is 5.60 Å². The molecular formula is C19H27ClN2O6. The second-order valence-electron chi connectivity index (χ2n) is 6.60. The zero-order valence-corrected chi connectivity index (χ0v) is 17.1. The molecule has 1 aromatic heterocycles. The number of hydrogen-bond acceptors (Lipinski definition) is 6. The van der Waals surface area contributed by atoms with Crippen molar-refractivity contribution < 1.29 is 19.3 Å². The number of aliphatic hydroxyl groups excluding tert-OH is 1. The molecule has 156 valence electrons. The molecule has 1 aliphatic carbocycles. The summed E-state index contributed by atoms with van der Waals surface area (Å²) in [5.74, 6) is 1.36. The lowest BCUT2D eigenvalue weighted by Crippen LogP contribution is -2.61. The molecule has 1 aromatic rings. The Morgan fingerprint density at radius 3 is 2.57 bits per heavy atom. The van der Waals surface area contributed by atoms with E-state index < -0.39 is 41.1 Å². The highest BCUT2D eigenvalue weighted by Gasteiger charge is 2.65. The van der Waals surface area contributed by atoms with Crippen LogP contribution in [0.15, 0.2) is 21.9 Å². The van der Waals surface area contributed by atoms with E-state index in [1.807, 2.05) is 13.8 Å². The SMILES string of the molecule is C#C[C@@]1(n2ccc(=O)[nH]c2=O)OC2(CCCC2)O[C@@H]1[C@](CO)(CCl)OC.CC. The normalized spacial score (nSPS) is 27.6. The second-order valence-corrected chi connectivity index (χ2v) is 6.87. The van der Waals surface area contributed by atoms with Gasteiger partial charge in [0.25, 0.3) is 5.56 Å². The van der Waals surface area contributed by atoms with E-state index >= 15 is 0 Å². The molecule has 2 N–H and O–H groups in total. The number of rotatable bonds is 5. The molecule has 0 radical (unpaired) electrons. The first-order valence-corrected chi connectivity index (χ1v) is 9.84. The molecule has 8 nitrogen and oxygen atoms in total. The quantitative estimate of drug-likeness (QED) is 0.553.